The molecule has 26 heavy (non-hydrogen) atoms. The van der Waals surface area contributed by atoms with Gasteiger partial charge in [0.05, 0.1) is 11.9 Å². The molecule has 1 aromatic heterocycles. The zero-order chi connectivity index (χ0) is 18.1. The van der Waals surface area contributed by atoms with Crippen LogP contribution in [0.2, 0.25) is 0 Å². The number of guanidine groups is 1. The van der Waals surface area contributed by atoms with Crippen molar-refractivity contribution in [3.8, 4) is 0 Å². The second-order valence-electron chi connectivity index (χ2n) is 6.87. The molecule has 1 unspecified atom stereocenters. The van der Waals surface area contributed by atoms with E-state index in [1.165, 1.54) is 11.1 Å². The van der Waals surface area contributed by atoms with Gasteiger partial charge >= 0.3 is 0 Å². The lowest BCUT2D eigenvalue weighted by molar-refractivity contribution is -0.120. The minimum Gasteiger partial charge on any atom is -0.356 e. The summed E-state index contributed by atoms with van der Waals surface area (Å²) in [6, 6.07) is 8.58. The van der Waals surface area contributed by atoms with Gasteiger partial charge in [0.25, 0.3) is 0 Å². The molecule has 0 spiro atoms. The summed E-state index contributed by atoms with van der Waals surface area (Å²) in [4.78, 5) is 20.8. The zero-order valence-corrected chi connectivity index (χ0v) is 15.2. The number of rotatable bonds is 3. The number of anilines is 1. The number of carbonyl (C=O) groups is 1. The van der Waals surface area contributed by atoms with E-state index < -0.39 is 0 Å². The summed E-state index contributed by atoms with van der Waals surface area (Å²) >= 11 is 0. The maximum absolute atomic E-state index is 12.6. The molecule has 2 heterocycles. The fourth-order valence-electron chi connectivity index (χ4n) is 3.77. The first-order chi connectivity index (χ1) is 12.7. The first-order valence-electron chi connectivity index (χ1n) is 8.98. The van der Waals surface area contributed by atoms with Crippen LogP contribution in [0.15, 0.2) is 41.7 Å². The lowest BCUT2D eigenvalue weighted by Crippen LogP contribution is -2.55. The van der Waals surface area contributed by atoms with Gasteiger partial charge in [0.2, 0.25) is 5.91 Å². The van der Waals surface area contributed by atoms with Crippen LogP contribution in [-0.2, 0) is 18.3 Å². The lowest BCUT2D eigenvalue weighted by Gasteiger charge is -2.36. The molecule has 4 rings (SSSR count). The van der Waals surface area contributed by atoms with Crippen LogP contribution >= 0.6 is 0 Å². The largest absolute Gasteiger partial charge is 0.356 e. The molecule has 7 heteroatoms. The third-order valence-electron chi connectivity index (χ3n) is 5.20. The minimum absolute atomic E-state index is 0.0705. The average molecular weight is 352 g/mol. The standard InChI is InChI=1S/C19H24N6O/c1-20-19(21-10-15-9-14-5-3-4-6-17(14)15)24-7-8-25(18(26)13-24)16-11-22-23(2)12-16/h3-6,11-12,15H,7-10,13H2,1-2H3,(H,20,21). The minimum atomic E-state index is 0.0705. The Labute approximate surface area is 153 Å². The Morgan fingerprint density at radius 3 is 2.88 bits per heavy atom. The van der Waals surface area contributed by atoms with Gasteiger partial charge in [-0.15, -0.1) is 0 Å². The van der Waals surface area contributed by atoms with E-state index in [4.69, 9.17) is 0 Å². The highest BCUT2D eigenvalue weighted by Gasteiger charge is 2.29. The highest BCUT2D eigenvalue weighted by molar-refractivity contribution is 5.98. The monoisotopic (exact) mass is 352 g/mol. The van der Waals surface area contributed by atoms with Gasteiger partial charge in [0, 0.05) is 45.8 Å². The quantitative estimate of drug-likeness (QED) is 0.661. The summed E-state index contributed by atoms with van der Waals surface area (Å²) in [6.07, 6.45) is 4.71. The van der Waals surface area contributed by atoms with Gasteiger partial charge in [-0.1, -0.05) is 24.3 Å². The summed E-state index contributed by atoms with van der Waals surface area (Å²) in [5, 5.41) is 7.60. The third-order valence-corrected chi connectivity index (χ3v) is 5.20. The molecule has 1 aromatic carbocycles. The van der Waals surface area contributed by atoms with E-state index in [1.807, 2.05) is 18.1 Å². The summed E-state index contributed by atoms with van der Waals surface area (Å²) < 4.78 is 1.71. The number of fused-ring (bicyclic) bond motifs is 1. The van der Waals surface area contributed by atoms with E-state index in [1.54, 1.807) is 22.8 Å². The van der Waals surface area contributed by atoms with Gasteiger partial charge in [-0.3, -0.25) is 14.5 Å². The Balaban J connectivity index is 1.34. The number of nitrogens with zero attached hydrogens (tertiary/aromatic N) is 5. The van der Waals surface area contributed by atoms with Crippen LogP contribution in [0, 0.1) is 0 Å². The topological polar surface area (TPSA) is 65.8 Å². The molecular weight excluding hydrogens is 328 g/mol. The predicted molar refractivity (Wildman–Crippen MR) is 101 cm³/mol. The molecular formula is C19H24N6O. The molecule has 7 nitrogen and oxygen atoms in total. The van der Waals surface area contributed by atoms with Crippen molar-refractivity contribution in [1.82, 2.24) is 20.0 Å². The Morgan fingerprint density at radius 1 is 1.35 bits per heavy atom. The highest BCUT2D eigenvalue weighted by Crippen LogP contribution is 2.34. The molecule has 1 fully saturated rings. The fraction of sp³-hybridized carbons (Fsp3) is 0.421. The van der Waals surface area contributed by atoms with Crippen LogP contribution in [-0.4, -0.2) is 59.8 Å². The summed E-state index contributed by atoms with van der Waals surface area (Å²) in [5.41, 5.74) is 3.72. The fourth-order valence-corrected chi connectivity index (χ4v) is 3.77. The molecule has 2 aliphatic rings. The molecule has 1 saturated heterocycles. The van der Waals surface area contributed by atoms with Crippen LogP contribution in [0.25, 0.3) is 0 Å². The van der Waals surface area contributed by atoms with Gasteiger partial charge in [0.1, 0.15) is 6.54 Å². The number of amides is 1. The first-order valence-corrected chi connectivity index (χ1v) is 8.98. The Bertz CT molecular complexity index is 842. The summed E-state index contributed by atoms with van der Waals surface area (Å²) in [5.74, 6) is 1.39. The Hall–Kier alpha value is -2.83. The molecule has 1 atom stereocenters. The second kappa shape index (κ2) is 6.82. The number of piperazine rings is 1. The van der Waals surface area contributed by atoms with Crippen molar-refractivity contribution in [2.45, 2.75) is 12.3 Å². The van der Waals surface area contributed by atoms with Crippen molar-refractivity contribution >= 4 is 17.6 Å². The van der Waals surface area contributed by atoms with Crippen molar-refractivity contribution in [2.75, 3.05) is 38.1 Å². The summed E-state index contributed by atoms with van der Waals surface area (Å²) in [6.45, 7) is 2.57. The SMILES string of the molecule is CN=C(NCC1Cc2ccccc21)N1CCN(c2cnn(C)c2)C(=O)C1. The van der Waals surface area contributed by atoms with Crippen molar-refractivity contribution in [3.05, 3.63) is 47.8 Å². The van der Waals surface area contributed by atoms with E-state index in [0.717, 1.165) is 31.2 Å². The number of aliphatic imine (C=N–C) groups is 1. The van der Waals surface area contributed by atoms with E-state index in [9.17, 15) is 4.79 Å². The second-order valence-corrected chi connectivity index (χ2v) is 6.87. The molecule has 0 bridgehead atoms. The maximum Gasteiger partial charge on any atom is 0.246 e. The van der Waals surface area contributed by atoms with Gasteiger partial charge < -0.3 is 15.1 Å². The van der Waals surface area contributed by atoms with Gasteiger partial charge in [0.15, 0.2) is 5.96 Å². The maximum atomic E-state index is 12.6. The van der Waals surface area contributed by atoms with E-state index >= 15 is 0 Å². The Morgan fingerprint density at radius 2 is 2.19 bits per heavy atom. The lowest BCUT2D eigenvalue weighted by atomic mass is 9.78. The van der Waals surface area contributed by atoms with Gasteiger partial charge in [-0.05, 0) is 17.5 Å². The molecule has 1 aliphatic heterocycles. The van der Waals surface area contributed by atoms with Crippen LogP contribution in [0.3, 0.4) is 0 Å². The van der Waals surface area contributed by atoms with E-state index in [2.05, 4.69) is 39.7 Å². The average Bonchev–Trinajstić information content (AvgIpc) is 3.05. The van der Waals surface area contributed by atoms with Crippen molar-refractivity contribution in [1.29, 1.82) is 0 Å². The van der Waals surface area contributed by atoms with Crippen molar-refractivity contribution in [2.24, 2.45) is 12.0 Å². The number of benzene rings is 1. The molecule has 0 radical (unpaired) electrons. The van der Waals surface area contributed by atoms with E-state index in [0.29, 0.717) is 19.0 Å². The number of carbonyl (C=O) groups excluding carboxylic acids is 1. The van der Waals surface area contributed by atoms with Crippen molar-refractivity contribution in [3.63, 3.8) is 0 Å². The number of nitrogens with one attached hydrogen (secondary N) is 1. The van der Waals surface area contributed by atoms with Crippen LogP contribution in [0.4, 0.5) is 5.69 Å². The van der Waals surface area contributed by atoms with Gasteiger partial charge in [-0.25, -0.2) is 0 Å². The third kappa shape index (κ3) is 3.05. The zero-order valence-electron chi connectivity index (χ0n) is 15.2. The molecule has 2 aromatic rings. The Kier molecular flexibility index (Phi) is 4.36. The normalized spacial score (nSPS) is 20.0. The van der Waals surface area contributed by atoms with Gasteiger partial charge in [-0.2, -0.15) is 5.10 Å². The number of hydrogen-bond donors (Lipinski definition) is 1. The van der Waals surface area contributed by atoms with Crippen LogP contribution in [0.5, 0.6) is 0 Å². The molecule has 0 saturated carbocycles. The molecule has 1 aliphatic carbocycles. The number of aromatic nitrogens is 2. The number of aryl methyl sites for hydroxylation is 1. The van der Waals surface area contributed by atoms with E-state index in [-0.39, 0.29) is 5.91 Å². The molecule has 1 amide bonds. The number of hydrogen-bond acceptors (Lipinski definition) is 3. The molecule has 1 N–H and O–H groups in total. The first kappa shape index (κ1) is 16.6. The predicted octanol–water partition coefficient (Wildman–Crippen LogP) is 0.984. The van der Waals surface area contributed by atoms with Crippen LogP contribution < -0.4 is 10.2 Å². The van der Waals surface area contributed by atoms with Crippen LogP contribution in [0.1, 0.15) is 17.0 Å². The smallest absolute Gasteiger partial charge is 0.246 e. The van der Waals surface area contributed by atoms with Crippen molar-refractivity contribution < 1.29 is 4.79 Å². The highest BCUT2D eigenvalue weighted by atomic mass is 16.2. The molecule has 136 valence electrons. The summed E-state index contributed by atoms with van der Waals surface area (Å²) in [7, 11) is 3.63.